The quantitative estimate of drug-likeness (QED) is 0.801. The monoisotopic (exact) mass is 372 g/mol. The number of benzene rings is 2. The van der Waals surface area contributed by atoms with E-state index in [1.54, 1.807) is 12.1 Å². The third-order valence-electron chi connectivity index (χ3n) is 5.09. The topological polar surface area (TPSA) is 49.4 Å². The van der Waals surface area contributed by atoms with Gasteiger partial charge in [-0.05, 0) is 55.1 Å². The molecule has 0 saturated carbocycles. The van der Waals surface area contributed by atoms with Crippen molar-refractivity contribution in [1.82, 2.24) is 9.62 Å². The molecule has 5 heteroatoms. The highest BCUT2D eigenvalue weighted by Crippen LogP contribution is 2.25. The van der Waals surface area contributed by atoms with Gasteiger partial charge in [-0.3, -0.25) is 4.90 Å². The molecule has 2 aromatic carbocycles. The Hall–Kier alpha value is -1.69. The molecule has 0 radical (unpaired) electrons. The molecule has 140 valence electrons. The van der Waals surface area contributed by atoms with Gasteiger partial charge < -0.3 is 0 Å². The van der Waals surface area contributed by atoms with Crippen LogP contribution in [0.25, 0.3) is 0 Å². The minimum absolute atomic E-state index is 0.0726. The summed E-state index contributed by atoms with van der Waals surface area (Å²) in [5.41, 5.74) is 2.30. The molecule has 3 rings (SSSR count). The summed E-state index contributed by atoms with van der Waals surface area (Å²) in [7, 11) is -3.51. The zero-order chi connectivity index (χ0) is 18.6. The van der Waals surface area contributed by atoms with Crippen molar-refractivity contribution in [1.29, 1.82) is 0 Å². The number of nitrogens with one attached hydrogen (secondary N) is 1. The molecule has 1 saturated heterocycles. The van der Waals surface area contributed by atoms with Crippen molar-refractivity contribution in [2.75, 3.05) is 19.6 Å². The van der Waals surface area contributed by atoms with E-state index in [0.717, 1.165) is 24.2 Å². The largest absolute Gasteiger partial charge is 0.295 e. The molecule has 1 fully saturated rings. The van der Waals surface area contributed by atoms with Crippen molar-refractivity contribution < 1.29 is 8.42 Å². The van der Waals surface area contributed by atoms with Crippen LogP contribution in [0.1, 0.15) is 49.8 Å². The fourth-order valence-corrected chi connectivity index (χ4v) is 4.53. The number of likely N-dealkylation sites (tertiary alicyclic amines) is 1. The Bertz CT molecular complexity index is 796. The molecule has 1 aliphatic heterocycles. The smallest absolute Gasteiger partial charge is 0.240 e. The highest BCUT2D eigenvalue weighted by molar-refractivity contribution is 7.89. The normalized spacial score (nSPS) is 16.9. The number of hydrogen-bond donors (Lipinski definition) is 1. The SMILES string of the molecule is CC(C)c1ccc(S(=O)(=O)NCC(c2ccccc2)N2CCCC2)cc1. The van der Waals surface area contributed by atoms with Crippen LogP contribution in [0.3, 0.4) is 0 Å². The van der Waals surface area contributed by atoms with E-state index in [1.165, 1.54) is 12.8 Å². The van der Waals surface area contributed by atoms with Crippen LogP contribution < -0.4 is 4.72 Å². The fourth-order valence-electron chi connectivity index (χ4n) is 3.49. The van der Waals surface area contributed by atoms with Crippen LogP contribution >= 0.6 is 0 Å². The average Bonchev–Trinajstić information content (AvgIpc) is 3.17. The molecule has 2 aromatic rings. The molecule has 1 unspecified atom stereocenters. The predicted octanol–water partition coefficient (Wildman–Crippen LogP) is 3.93. The zero-order valence-electron chi connectivity index (χ0n) is 15.6. The van der Waals surface area contributed by atoms with Crippen molar-refractivity contribution in [3.05, 3.63) is 65.7 Å². The average molecular weight is 373 g/mol. The Kier molecular flexibility index (Phi) is 6.12. The molecule has 1 atom stereocenters. The van der Waals surface area contributed by atoms with Crippen molar-refractivity contribution >= 4 is 10.0 Å². The highest BCUT2D eigenvalue weighted by atomic mass is 32.2. The highest BCUT2D eigenvalue weighted by Gasteiger charge is 2.25. The minimum Gasteiger partial charge on any atom is -0.295 e. The van der Waals surface area contributed by atoms with Gasteiger partial charge in [0.25, 0.3) is 0 Å². The maximum Gasteiger partial charge on any atom is 0.240 e. The fraction of sp³-hybridized carbons (Fsp3) is 0.429. The summed E-state index contributed by atoms with van der Waals surface area (Å²) in [6, 6.07) is 17.4. The Morgan fingerprint density at radius 1 is 0.923 bits per heavy atom. The molecular formula is C21H28N2O2S. The molecular weight excluding hydrogens is 344 g/mol. The van der Waals surface area contributed by atoms with Gasteiger partial charge in [0, 0.05) is 12.6 Å². The number of hydrogen-bond acceptors (Lipinski definition) is 3. The Labute approximate surface area is 157 Å². The van der Waals surface area contributed by atoms with Gasteiger partial charge >= 0.3 is 0 Å². The van der Waals surface area contributed by atoms with E-state index in [-0.39, 0.29) is 6.04 Å². The van der Waals surface area contributed by atoms with Gasteiger partial charge in [0.15, 0.2) is 0 Å². The van der Waals surface area contributed by atoms with Gasteiger partial charge in [-0.1, -0.05) is 56.3 Å². The third kappa shape index (κ3) is 4.53. The zero-order valence-corrected chi connectivity index (χ0v) is 16.4. The van der Waals surface area contributed by atoms with Crippen LogP contribution in [0.4, 0.5) is 0 Å². The summed E-state index contributed by atoms with van der Waals surface area (Å²) in [4.78, 5) is 2.70. The lowest BCUT2D eigenvalue weighted by atomic mass is 10.0. The predicted molar refractivity (Wildman–Crippen MR) is 106 cm³/mol. The molecule has 1 aliphatic rings. The Morgan fingerprint density at radius 2 is 1.54 bits per heavy atom. The van der Waals surface area contributed by atoms with Crippen LogP contribution in [-0.4, -0.2) is 33.0 Å². The number of nitrogens with zero attached hydrogens (tertiary/aromatic N) is 1. The summed E-state index contributed by atoms with van der Waals surface area (Å²) in [5, 5.41) is 0. The molecule has 0 amide bonds. The van der Waals surface area contributed by atoms with Crippen molar-refractivity contribution in [2.24, 2.45) is 0 Å². The second-order valence-electron chi connectivity index (χ2n) is 7.25. The van der Waals surface area contributed by atoms with Crippen molar-refractivity contribution in [2.45, 2.75) is 43.5 Å². The molecule has 26 heavy (non-hydrogen) atoms. The van der Waals surface area contributed by atoms with Gasteiger partial charge in [0.2, 0.25) is 10.0 Å². The first-order chi connectivity index (χ1) is 12.5. The lowest BCUT2D eigenvalue weighted by Gasteiger charge is -2.28. The van der Waals surface area contributed by atoms with E-state index >= 15 is 0 Å². The van der Waals surface area contributed by atoms with Gasteiger partial charge in [-0.2, -0.15) is 0 Å². The van der Waals surface area contributed by atoms with E-state index in [1.807, 2.05) is 30.3 Å². The Morgan fingerprint density at radius 3 is 2.12 bits per heavy atom. The first-order valence-electron chi connectivity index (χ1n) is 9.36. The van der Waals surface area contributed by atoms with Crippen LogP contribution in [0.5, 0.6) is 0 Å². The summed E-state index contributed by atoms with van der Waals surface area (Å²) in [6.45, 7) is 6.62. The summed E-state index contributed by atoms with van der Waals surface area (Å²) in [5.74, 6) is 0.386. The Balaban J connectivity index is 1.75. The number of rotatable bonds is 7. The molecule has 0 spiro atoms. The van der Waals surface area contributed by atoms with Crippen molar-refractivity contribution in [3.8, 4) is 0 Å². The molecule has 0 aliphatic carbocycles. The van der Waals surface area contributed by atoms with E-state index in [4.69, 9.17) is 0 Å². The lowest BCUT2D eigenvalue weighted by Crippen LogP contribution is -2.36. The second kappa shape index (κ2) is 8.33. The summed E-state index contributed by atoms with van der Waals surface area (Å²) in [6.07, 6.45) is 2.35. The van der Waals surface area contributed by atoms with E-state index in [2.05, 4.69) is 35.6 Å². The lowest BCUT2D eigenvalue weighted by molar-refractivity contribution is 0.246. The van der Waals surface area contributed by atoms with E-state index in [9.17, 15) is 8.42 Å². The molecule has 1 heterocycles. The molecule has 0 bridgehead atoms. The van der Waals surface area contributed by atoms with E-state index < -0.39 is 10.0 Å². The minimum atomic E-state index is -3.51. The number of sulfonamides is 1. The van der Waals surface area contributed by atoms with Gasteiger partial charge in [-0.15, -0.1) is 0 Å². The summed E-state index contributed by atoms with van der Waals surface area (Å²) < 4.78 is 28.3. The molecule has 4 nitrogen and oxygen atoms in total. The molecule has 1 N–H and O–H groups in total. The third-order valence-corrected chi connectivity index (χ3v) is 6.53. The van der Waals surface area contributed by atoms with E-state index in [0.29, 0.717) is 17.4 Å². The van der Waals surface area contributed by atoms with Gasteiger partial charge in [0.1, 0.15) is 0 Å². The first kappa shape index (κ1) is 19.1. The van der Waals surface area contributed by atoms with Gasteiger partial charge in [-0.25, -0.2) is 13.1 Å². The van der Waals surface area contributed by atoms with Gasteiger partial charge in [0.05, 0.1) is 4.90 Å². The maximum atomic E-state index is 12.7. The standard InChI is InChI=1S/C21H28N2O2S/c1-17(2)18-10-12-20(13-11-18)26(24,25)22-16-21(23-14-6-7-15-23)19-8-4-3-5-9-19/h3-5,8-13,17,21-22H,6-7,14-16H2,1-2H3. The van der Waals surface area contributed by atoms with Crippen LogP contribution in [0.15, 0.2) is 59.5 Å². The molecule has 0 aromatic heterocycles. The van der Waals surface area contributed by atoms with Crippen LogP contribution in [0.2, 0.25) is 0 Å². The van der Waals surface area contributed by atoms with Crippen LogP contribution in [-0.2, 0) is 10.0 Å². The summed E-state index contributed by atoms with van der Waals surface area (Å²) >= 11 is 0. The first-order valence-corrected chi connectivity index (χ1v) is 10.8. The van der Waals surface area contributed by atoms with Crippen LogP contribution in [0, 0.1) is 0 Å². The van der Waals surface area contributed by atoms with Crippen molar-refractivity contribution in [3.63, 3.8) is 0 Å². The maximum absolute atomic E-state index is 12.7. The second-order valence-corrected chi connectivity index (χ2v) is 9.01.